The van der Waals surface area contributed by atoms with E-state index in [9.17, 15) is 0 Å². The van der Waals surface area contributed by atoms with Gasteiger partial charge in [0.05, 0.1) is 0 Å². The third kappa shape index (κ3) is 2.18. The molecule has 3 rings (SSSR count). The molecule has 0 spiro atoms. The second-order valence-electron chi connectivity index (χ2n) is 3.43. The SMILES string of the molecule is Nc1cc2c(cc1Sc1nccs1)OCCO2. The number of hydrogen-bond acceptors (Lipinski definition) is 6. The quantitative estimate of drug-likeness (QED) is 0.847. The summed E-state index contributed by atoms with van der Waals surface area (Å²) in [7, 11) is 0. The Hall–Kier alpha value is -1.40. The summed E-state index contributed by atoms with van der Waals surface area (Å²) in [6.07, 6.45) is 1.78. The Morgan fingerprint density at radius 2 is 2.00 bits per heavy atom. The molecule has 17 heavy (non-hydrogen) atoms. The van der Waals surface area contributed by atoms with Crippen molar-refractivity contribution in [2.75, 3.05) is 18.9 Å². The van der Waals surface area contributed by atoms with Crippen LogP contribution in [-0.4, -0.2) is 18.2 Å². The smallest absolute Gasteiger partial charge is 0.163 e. The van der Waals surface area contributed by atoms with Crippen LogP contribution in [0.2, 0.25) is 0 Å². The van der Waals surface area contributed by atoms with Gasteiger partial charge in [-0.25, -0.2) is 4.98 Å². The lowest BCUT2D eigenvalue weighted by Crippen LogP contribution is -2.15. The number of aromatic nitrogens is 1. The largest absolute Gasteiger partial charge is 0.486 e. The van der Waals surface area contributed by atoms with E-state index in [4.69, 9.17) is 15.2 Å². The molecule has 4 nitrogen and oxygen atoms in total. The molecule has 88 valence electrons. The molecule has 0 aliphatic carbocycles. The maximum absolute atomic E-state index is 5.98. The predicted octanol–water partition coefficient (Wildman–Crippen LogP) is 2.65. The summed E-state index contributed by atoms with van der Waals surface area (Å²) >= 11 is 3.13. The molecule has 0 fully saturated rings. The number of rotatable bonds is 2. The van der Waals surface area contributed by atoms with Gasteiger partial charge >= 0.3 is 0 Å². The highest BCUT2D eigenvalue weighted by atomic mass is 32.2. The van der Waals surface area contributed by atoms with Crippen molar-refractivity contribution < 1.29 is 9.47 Å². The molecule has 0 radical (unpaired) electrons. The maximum atomic E-state index is 5.98. The van der Waals surface area contributed by atoms with Crippen molar-refractivity contribution in [1.29, 1.82) is 0 Å². The number of thiazole rings is 1. The van der Waals surface area contributed by atoms with E-state index in [1.807, 2.05) is 17.5 Å². The number of ether oxygens (including phenoxy) is 2. The molecule has 0 unspecified atom stereocenters. The molecule has 1 aromatic carbocycles. The van der Waals surface area contributed by atoms with Gasteiger partial charge in [0.2, 0.25) is 0 Å². The molecule has 0 saturated heterocycles. The Morgan fingerprint density at radius 1 is 1.24 bits per heavy atom. The van der Waals surface area contributed by atoms with Crippen LogP contribution >= 0.6 is 23.1 Å². The van der Waals surface area contributed by atoms with Crippen molar-refractivity contribution >= 4 is 28.8 Å². The Labute approximate surface area is 107 Å². The first kappa shape index (κ1) is 10.7. The molecule has 6 heteroatoms. The van der Waals surface area contributed by atoms with Crippen molar-refractivity contribution in [3.8, 4) is 11.5 Å². The summed E-state index contributed by atoms with van der Waals surface area (Å²) in [4.78, 5) is 5.17. The predicted molar refractivity (Wildman–Crippen MR) is 68.1 cm³/mol. The summed E-state index contributed by atoms with van der Waals surface area (Å²) in [6.45, 7) is 1.16. The Bertz CT molecular complexity index is 529. The number of fused-ring (bicyclic) bond motifs is 1. The zero-order chi connectivity index (χ0) is 11.7. The van der Waals surface area contributed by atoms with Crippen molar-refractivity contribution in [3.63, 3.8) is 0 Å². The van der Waals surface area contributed by atoms with Gasteiger partial charge < -0.3 is 15.2 Å². The van der Waals surface area contributed by atoms with Crippen LogP contribution in [0.1, 0.15) is 0 Å². The molecule has 2 heterocycles. The monoisotopic (exact) mass is 266 g/mol. The van der Waals surface area contributed by atoms with Crippen LogP contribution in [0, 0.1) is 0 Å². The molecule has 0 saturated carbocycles. The topological polar surface area (TPSA) is 57.4 Å². The molecular formula is C11H10N2O2S2. The Balaban J connectivity index is 1.94. The first-order valence-corrected chi connectivity index (χ1v) is 6.79. The van der Waals surface area contributed by atoms with Gasteiger partial charge in [-0.15, -0.1) is 11.3 Å². The third-order valence-corrected chi connectivity index (χ3v) is 4.24. The lowest BCUT2D eigenvalue weighted by molar-refractivity contribution is 0.171. The standard InChI is InChI=1S/C11H10N2O2S2/c12-7-5-8-9(15-3-2-14-8)6-10(7)17-11-13-1-4-16-11/h1,4-6H,2-3,12H2. The molecule has 1 aromatic heterocycles. The summed E-state index contributed by atoms with van der Waals surface area (Å²) < 4.78 is 12.0. The number of nitrogens with zero attached hydrogens (tertiary/aromatic N) is 1. The number of nitrogen functional groups attached to an aromatic ring is 1. The second kappa shape index (κ2) is 4.46. The lowest BCUT2D eigenvalue weighted by atomic mass is 10.2. The highest BCUT2D eigenvalue weighted by molar-refractivity contribution is 8.01. The second-order valence-corrected chi connectivity index (χ2v) is 5.62. The van der Waals surface area contributed by atoms with Gasteiger partial charge in [-0.05, 0) is 0 Å². The van der Waals surface area contributed by atoms with Crippen molar-refractivity contribution in [2.24, 2.45) is 0 Å². The summed E-state index contributed by atoms with van der Waals surface area (Å²) in [5.41, 5.74) is 6.67. The molecule has 1 aliphatic rings. The minimum Gasteiger partial charge on any atom is -0.486 e. The average Bonchev–Trinajstić information content (AvgIpc) is 2.83. The van der Waals surface area contributed by atoms with E-state index >= 15 is 0 Å². The minimum atomic E-state index is 0.575. The van der Waals surface area contributed by atoms with Crippen LogP contribution in [0.3, 0.4) is 0 Å². The number of anilines is 1. The Morgan fingerprint density at radius 3 is 2.71 bits per heavy atom. The van der Waals surface area contributed by atoms with Crippen LogP contribution < -0.4 is 15.2 Å². The summed E-state index contributed by atoms with van der Waals surface area (Å²) in [5.74, 6) is 1.47. The van der Waals surface area contributed by atoms with Gasteiger partial charge in [-0.3, -0.25) is 0 Å². The summed E-state index contributed by atoms with van der Waals surface area (Å²) in [5, 5.41) is 1.94. The number of nitrogens with two attached hydrogens (primary N) is 1. The van der Waals surface area contributed by atoms with Crippen LogP contribution in [-0.2, 0) is 0 Å². The summed E-state index contributed by atoms with van der Waals surface area (Å²) in [6, 6.07) is 3.72. The zero-order valence-electron chi connectivity index (χ0n) is 8.88. The highest BCUT2D eigenvalue weighted by Gasteiger charge is 2.15. The van der Waals surface area contributed by atoms with Gasteiger partial charge in [0.25, 0.3) is 0 Å². The van der Waals surface area contributed by atoms with Crippen molar-refractivity contribution in [1.82, 2.24) is 4.98 Å². The van der Waals surface area contributed by atoms with E-state index in [1.54, 1.807) is 29.3 Å². The molecule has 2 aromatic rings. The number of benzene rings is 1. The highest BCUT2D eigenvalue weighted by Crippen LogP contribution is 2.41. The Kier molecular flexibility index (Phi) is 2.82. The third-order valence-electron chi connectivity index (χ3n) is 2.28. The number of hydrogen-bond donors (Lipinski definition) is 1. The molecule has 2 N–H and O–H groups in total. The van der Waals surface area contributed by atoms with E-state index in [-0.39, 0.29) is 0 Å². The van der Waals surface area contributed by atoms with E-state index in [1.165, 1.54) is 0 Å². The normalized spacial score (nSPS) is 13.6. The molecule has 0 amide bonds. The fourth-order valence-corrected chi connectivity index (χ4v) is 3.16. The fourth-order valence-electron chi connectivity index (χ4n) is 1.53. The van der Waals surface area contributed by atoms with E-state index in [2.05, 4.69) is 4.98 Å². The zero-order valence-corrected chi connectivity index (χ0v) is 10.5. The first-order chi connectivity index (χ1) is 8.33. The maximum Gasteiger partial charge on any atom is 0.163 e. The molecule has 0 atom stereocenters. The van der Waals surface area contributed by atoms with E-state index in [0.29, 0.717) is 18.9 Å². The van der Waals surface area contributed by atoms with Crippen molar-refractivity contribution in [2.45, 2.75) is 9.24 Å². The lowest BCUT2D eigenvalue weighted by Gasteiger charge is -2.19. The molecule has 0 bridgehead atoms. The first-order valence-electron chi connectivity index (χ1n) is 5.09. The van der Waals surface area contributed by atoms with Gasteiger partial charge in [-0.2, -0.15) is 0 Å². The van der Waals surface area contributed by atoms with E-state index in [0.717, 1.165) is 20.7 Å². The van der Waals surface area contributed by atoms with Gasteiger partial charge in [0, 0.05) is 34.3 Å². The van der Waals surface area contributed by atoms with Crippen LogP contribution in [0.5, 0.6) is 11.5 Å². The molecular weight excluding hydrogens is 256 g/mol. The molecule has 1 aliphatic heterocycles. The van der Waals surface area contributed by atoms with Crippen LogP contribution in [0.15, 0.2) is 32.9 Å². The average molecular weight is 266 g/mol. The van der Waals surface area contributed by atoms with Gasteiger partial charge in [0.15, 0.2) is 15.8 Å². The van der Waals surface area contributed by atoms with Crippen LogP contribution in [0.25, 0.3) is 0 Å². The van der Waals surface area contributed by atoms with Crippen molar-refractivity contribution in [3.05, 3.63) is 23.7 Å². The fraction of sp³-hybridized carbons (Fsp3) is 0.182. The van der Waals surface area contributed by atoms with Gasteiger partial charge in [-0.1, -0.05) is 11.8 Å². The van der Waals surface area contributed by atoms with Gasteiger partial charge in [0.1, 0.15) is 13.2 Å². The minimum absolute atomic E-state index is 0.575. The van der Waals surface area contributed by atoms with E-state index < -0.39 is 0 Å². The van der Waals surface area contributed by atoms with Crippen LogP contribution in [0.4, 0.5) is 5.69 Å².